The van der Waals surface area contributed by atoms with Crippen LogP contribution in [0.5, 0.6) is 11.5 Å². The van der Waals surface area contributed by atoms with E-state index < -0.39 is 12.0 Å². The smallest absolute Gasteiger partial charge is 0.334 e. The minimum Gasteiger partial charge on any atom is -0.497 e. The van der Waals surface area contributed by atoms with E-state index in [9.17, 15) is 9.59 Å². The van der Waals surface area contributed by atoms with E-state index in [4.69, 9.17) is 9.47 Å². The first kappa shape index (κ1) is 17.5. The van der Waals surface area contributed by atoms with Crippen LogP contribution in [0.15, 0.2) is 54.6 Å². The number of esters is 1. The molecule has 1 N–H and O–H groups in total. The first-order chi connectivity index (χ1) is 11.5. The lowest BCUT2D eigenvalue weighted by Crippen LogP contribution is -2.46. The molecular weight excluding hydrogens is 306 g/mol. The molecule has 1 atom stereocenters. The third-order valence-corrected chi connectivity index (χ3v) is 3.52. The van der Waals surface area contributed by atoms with Crippen molar-refractivity contribution < 1.29 is 19.1 Å². The van der Waals surface area contributed by atoms with Crippen LogP contribution >= 0.6 is 0 Å². The molecule has 0 unspecified atom stereocenters. The first-order valence-electron chi connectivity index (χ1n) is 7.73. The third kappa shape index (κ3) is 4.59. The number of methoxy groups -OCH3 is 1. The Labute approximate surface area is 141 Å². The molecule has 126 valence electrons. The molecule has 0 spiro atoms. The average Bonchev–Trinajstić information content (AvgIpc) is 2.60. The molecule has 0 saturated heterocycles. The fraction of sp³-hybridized carbons (Fsp3) is 0.263. The summed E-state index contributed by atoms with van der Waals surface area (Å²) in [6.45, 7) is 3.70. The molecule has 24 heavy (non-hydrogen) atoms. The second-order valence-corrected chi connectivity index (χ2v) is 5.66. The van der Waals surface area contributed by atoms with Crippen LogP contribution in [0.2, 0.25) is 0 Å². The largest absolute Gasteiger partial charge is 0.497 e. The van der Waals surface area contributed by atoms with Gasteiger partial charge in [-0.25, -0.2) is 4.79 Å². The summed E-state index contributed by atoms with van der Waals surface area (Å²) in [6, 6.07) is 14.7. The Morgan fingerprint density at radius 1 is 0.917 bits per heavy atom. The minimum absolute atomic E-state index is 0.108. The van der Waals surface area contributed by atoms with Gasteiger partial charge < -0.3 is 14.8 Å². The molecule has 2 aromatic rings. The van der Waals surface area contributed by atoms with Crippen molar-refractivity contribution in [3.05, 3.63) is 60.2 Å². The van der Waals surface area contributed by atoms with Gasteiger partial charge >= 0.3 is 5.97 Å². The molecule has 0 aliphatic rings. The summed E-state index contributed by atoms with van der Waals surface area (Å²) in [5.74, 6) is 0.185. The maximum Gasteiger partial charge on any atom is 0.334 e. The first-order valence-corrected chi connectivity index (χ1v) is 7.73. The Bertz CT molecular complexity index is 680. The summed E-state index contributed by atoms with van der Waals surface area (Å²) in [7, 11) is 1.56. The Hall–Kier alpha value is -2.82. The van der Waals surface area contributed by atoms with Gasteiger partial charge in [-0.3, -0.25) is 4.79 Å². The predicted octanol–water partition coefficient (Wildman–Crippen LogP) is 3.06. The summed E-state index contributed by atoms with van der Waals surface area (Å²) in [6.07, 6.45) is 0. The molecule has 0 aromatic heterocycles. The highest BCUT2D eigenvalue weighted by molar-refractivity contribution is 5.97. The number of benzene rings is 2. The van der Waals surface area contributed by atoms with Gasteiger partial charge in [0.25, 0.3) is 5.91 Å². The van der Waals surface area contributed by atoms with E-state index in [1.54, 1.807) is 55.6 Å². The summed E-state index contributed by atoms with van der Waals surface area (Å²) in [4.78, 5) is 24.7. The number of carbonyl (C=O) groups is 2. The van der Waals surface area contributed by atoms with Gasteiger partial charge in [0, 0.05) is 5.56 Å². The van der Waals surface area contributed by atoms with Crippen LogP contribution in [-0.4, -0.2) is 25.0 Å². The summed E-state index contributed by atoms with van der Waals surface area (Å²) < 4.78 is 10.4. The van der Waals surface area contributed by atoms with Crippen molar-refractivity contribution in [3.8, 4) is 11.5 Å². The van der Waals surface area contributed by atoms with Crippen molar-refractivity contribution in [2.45, 2.75) is 19.9 Å². The van der Waals surface area contributed by atoms with Crippen LogP contribution in [0.25, 0.3) is 0 Å². The molecule has 5 heteroatoms. The molecule has 2 aromatic carbocycles. The van der Waals surface area contributed by atoms with Crippen molar-refractivity contribution in [3.63, 3.8) is 0 Å². The second-order valence-electron chi connectivity index (χ2n) is 5.66. The molecule has 0 bridgehead atoms. The maximum atomic E-state index is 12.4. The van der Waals surface area contributed by atoms with E-state index in [1.165, 1.54) is 0 Å². The van der Waals surface area contributed by atoms with Crippen molar-refractivity contribution in [1.29, 1.82) is 0 Å². The monoisotopic (exact) mass is 327 g/mol. The van der Waals surface area contributed by atoms with Crippen LogP contribution < -0.4 is 14.8 Å². The van der Waals surface area contributed by atoms with Gasteiger partial charge in [-0.15, -0.1) is 0 Å². The Balaban J connectivity index is 2.06. The van der Waals surface area contributed by atoms with E-state index >= 15 is 0 Å². The number of hydrogen-bond acceptors (Lipinski definition) is 4. The van der Waals surface area contributed by atoms with Crippen LogP contribution in [-0.2, 0) is 4.79 Å². The number of carbonyl (C=O) groups excluding carboxylic acids is 2. The van der Waals surface area contributed by atoms with Gasteiger partial charge in [0.2, 0.25) is 0 Å². The molecule has 1 amide bonds. The molecule has 5 nitrogen and oxygen atoms in total. The molecule has 0 heterocycles. The van der Waals surface area contributed by atoms with Gasteiger partial charge in [-0.2, -0.15) is 0 Å². The Morgan fingerprint density at radius 2 is 1.54 bits per heavy atom. The fourth-order valence-electron chi connectivity index (χ4n) is 2.13. The Kier molecular flexibility index (Phi) is 5.95. The van der Waals surface area contributed by atoms with Crippen LogP contribution in [0, 0.1) is 5.92 Å². The van der Waals surface area contributed by atoms with Gasteiger partial charge in [-0.1, -0.05) is 32.0 Å². The standard InChI is InChI=1S/C19H21NO4/c1-13(2)17(19(22)24-16-7-5-4-6-8-16)20-18(21)14-9-11-15(23-3)12-10-14/h4-13,17H,1-3H3,(H,20,21)/t17-/m1/s1. The molecular formula is C19H21NO4. The van der Waals surface area contributed by atoms with E-state index in [0.29, 0.717) is 17.1 Å². The normalized spacial score (nSPS) is 11.7. The van der Waals surface area contributed by atoms with E-state index in [-0.39, 0.29) is 11.8 Å². The van der Waals surface area contributed by atoms with Gasteiger partial charge in [0.1, 0.15) is 17.5 Å². The van der Waals surface area contributed by atoms with Crippen molar-refractivity contribution >= 4 is 11.9 Å². The second kappa shape index (κ2) is 8.15. The topological polar surface area (TPSA) is 64.6 Å². The zero-order valence-electron chi connectivity index (χ0n) is 14.0. The van der Waals surface area contributed by atoms with Gasteiger partial charge in [-0.05, 0) is 42.3 Å². The van der Waals surface area contributed by atoms with Crippen molar-refractivity contribution in [2.24, 2.45) is 5.92 Å². The Morgan fingerprint density at radius 3 is 2.08 bits per heavy atom. The van der Waals surface area contributed by atoms with Crippen molar-refractivity contribution in [1.82, 2.24) is 5.32 Å². The molecule has 0 aliphatic heterocycles. The zero-order valence-corrected chi connectivity index (χ0v) is 14.0. The lowest BCUT2D eigenvalue weighted by atomic mass is 10.0. The summed E-state index contributed by atoms with van der Waals surface area (Å²) in [5, 5.41) is 2.74. The molecule has 0 saturated carbocycles. The highest BCUT2D eigenvalue weighted by atomic mass is 16.5. The number of rotatable bonds is 6. The highest BCUT2D eigenvalue weighted by Gasteiger charge is 2.26. The predicted molar refractivity (Wildman–Crippen MR) is 91.2 cm³/mol. The van der Waals surface area contributed by atoms with Crippen LogP contribution in [0.3, 0.4) is 0 Å². The van der Waals surface area contributed by atoms with Crippen LogP contribution in [0.4, 0.5) is 0 Å². The van der Waals surface area contributed by atoms with Crippen LogP contribution in [0.1, 0.15) is 24.2 Å². The maximum absolute atomic E-state index is 12.4. The molecule has 2 rings (SSSR count). The number of ether oxygens (including phenoxy) is 2. The van der Waals surface area contributed by atoms with Gasteiger partial charge in [0.15, 0.2) is 0 Å². The molecule has 0 aliphatic carbocycles. The number of amides is 1. The van der Waals surface area contributed by atoms with E-state index in [0.717, 1.165) is 0 Å². The SMILES string of the molecule is COc1ccc(C(=O)N[C@@H](C(=O)Oc2ccccc2)C(C)C)cc1. The number of hydrogen-bond donors (Lipinski definition) is 1. The summed E-state index contributed by atoms with van der Waals surface area (Å²) in [5.41, 5.74) is 0.453. The number of para-hydroxylation sites is 1. The average molecular weight is 327 g/mol. The lowest BCUT2D eigenvalue weighted by molar-refractivity contribution is -0.137. The van der Waals surface area contributed by atoms with Gasteiger partial charge in [0.05, 0.1) is 7.11 Å². The van der Waals surface area contributed by atoms with E-state index in [2.05, 4.69) is 5.32 Å². The third-order valence-electron chi connectivity index (χ3n) is 3.52. The number of nitrogens with one attached hydrogen (secondary N) is 1. The van der Waals surface area contributed by atoms with Crippen molar-refractivity contribution in [2.75, 3.05) is 7.11 Å². The highest BCUT2D eigenvalue weighted by Crippen LogP contribution is 2.14. The zero-order chi connectivity index (χ0) is 17.5. The molecule has 0 fully saturated rings. The molecule has 0 radical (unpaired) electrons. The quantitative estimate of drug-likeness (QED) is 0.654. The fourth-order valence-corrected chi connectivity index (χ4v) is 2.13. The minimum atomic E-state index is -0.736. The lowest BCUT2D eigenvalue weighted by Gasteiger charge is -2.20. The summed E-state index contributed by atoms with van der Waals surface area (Å²) >= 11 is 0. The van der Waals surface area contributed by atoms with E-state index in [1.807, 2.05) is 19.9 Å².